The number of nitrogens with zero attached hydrogens (tertiary/aromatic N) is 2. The first-order valence-corrected chi connectivity index (χ1v) is 11.4. The van der Waals surface area contributed by atoms with Crippen LogP contribution in [0.5, 0.6) is 0 Å². The fraction of sp³-hybridized carbons (Fsp3) is 0.409. The highest BCUT2D eigenvalue weighted by Gasteiger charge is 2.25. The van der Waals surface area contributed by atoms with Gasteiger partial charge in [-0.1, -0.05) is 35.9 Å². The van der Waals surface area contributed by atoms with E-state index >= 15 is 0 Å². The van der Waals surface area contributed by atoms with Gasteiger partial charge in [-0.3, -0.25) is 4.79 Å². The van der Waals surface area contributed by atoms with Crippen LogP contribution >= 0.6 is 0 Å². The van der Waals surface area contributed by atoms with Crippen LogP contribution in [-0.4, -0.2) is 51.4 Å². The lowest BCUT2D eigenvalue weighted by molar-refractivity contribution is -0.121. The summed E-state index contributed by atoms with van der Waals surface area (Å²) in [5.41, 5.74) is 3.63. The van der Waals surface area contributed by atoms with E-state index in [2.05, 4.69) is 41.4 Å². The number of aryl methyl sites for hydroxylation is 1. The van der Waals surface area contributed by atoms with E-state index in [1.54, 1.807) is 24.3 Å². The second kappa shape index (κ2) is 8.97. The minimum Gasteiger partial charge on any atom is -0.368 e. The van der Waals surface area contributed by atoms with Crippen molar-refractivity contribution in [2.75, 3.05) is 31.6 Å². The van der Waals surface area contributed by atoms with Gasteiger partial charge in [0.1, 0.15) is 0 Å². The average molecular weight is 416 g/mol. The van der Waals surface area contributed by atoms with Gasteiger partial charge in [0.15, 0.2) is 0 Å². The first-order valence-electron chi connectivity index (χ1n) is 9.93. The summed E-state index contributed by atoms with van der Waals surface area (Å²) in [6.45, 7) is 5.29. The number of fused-ring (bicyclic) bond motifs is 1. The highest BCUT2D eigenvalue weighted by molar-refractivity contribution is 7.89. The lowest BCUT2D eigenvalue weighted by Gasteiger charge is -2.25. The summed E-state index contributed by atoms with van der Waals surface area (Å²) in [5.74, 6) is -0.293. The predicted octanol–water partition coefficient (Wildman–Crippen LogP) is 2.57. The Hall–Kier alpha value is -2.38. The SMILES string of the molecule is Cc1ccc(S(=O)(=O)N(C)CC(=O)NCCCN2c3ccccc3C[C@H]2C)cc1. The monoisotopic (exact) mass is 415 g/mol. The molecule has 1 heterocycles. The maximum Gasteiger partial charge on any atom is 0.243 e. The highest BCUT2D eigenvalue weighted by atomic mass is 32.2. The Kier molecular flexibility index (Phi) is 6.59. The lowest BCUT2D eigenvalue weighted by Crippen LogP contribution is -2.39. The topological polar surface area (TPSA) is 69.7 Å². The molecule has 0 bridgehead atoms. The molecule has 0 spiro atoms. The van der Waals surface area contributed by atoms with E-state index in [0.29, 0.717) is 12.6 Å². The lowest BCUT2D eigenvalue weighted by atomic mass is 10.1. The zero-order valence-corrected chi connectivity index (χ0v) is 18.1. The Balaban J connectivity index is 1.46. The van der Waals surface area contributed by atoms with Crippen molar-refractivity contribution in [2.45, 2.75) is 37.6 Å². The van der Waals surface area contributed by atoms with E-state index < -0.39 is 10.0 Å². The summed E-state index contributed by atoms with van der Waals surface area (Å²) in [6, 6.07) is 15.5. The molecular formula is C22H29N3O3S. The van der Waals surface area contributed by atoms with Gasteiger partial charge in [0.2, 0.25) is 15.9 Å². The minimum absolute atomic E-state index is 0.195. The van der Waals surface area contributed by atoms with Crippen LogP contribution in [0.2, 0.25) is 0 Å². The fourth-order valence-electron chi connectivity index (χ4n) is 3.68. The molecule has 2 aromatic carbocycles. The molecule has 0 aromatic heterocycles. The van der Waals surface area contributed by atoms with Crippen LogP contribution in [0.15, 0.2) is 53.4 Å². The van der Waals surface area contributed by atoms with Crippen LogP contribution < -0.4 is 10.2 Å². The largest absolute Gasteiger partial charge is 0.368 e. The Labute approximate surface area is 173 Å². The van der Waals surface area contributed by atoms with Gasteiger partial charge in [-0.2, -0.15) is 4.31 Å². The van der Waals surface area contributed by atoms with Crippen LogP contribution in [0.3, 0.4) is 0 Å². The highest BCUT2D eigenvalue weighted by Crippen LogP contribution is 2.31. The molecule has 0 aliphatic carbocycles. The normalized spacial score (nSPS) is 16.1. The summed E-state index contributed by atoms with van der Waals surface area (Å²) >= 11 is 0. The van der Waals surface area contributed by atoms with Gasteiger partial charge in [-0.25, -0.2) is 8.42 Å². The van der Waals surface area contributed by atoms with Crippen molar-refractivity contribution in [1.29, 1.82) is 0 Å². The molecule has 3 rings (SSSR count). The van der Waals surface area contributed by atoms with Crippen LogP contribution in [0.4, 0.5) is 5.69 Å². The molecule has 1 aliphatic rings. The van der Waals surface area contributed by atoms with Gasteiger partial charge < -0.3 is 10.2 Å². The average Bonchev–Trinajstić information content (AvgIpc) is 3.00. The van der Waals surface area contributed by atoms with Crippen LogP contribution in [0.1, 0.15) is 24.5 Å². The summed E-state index contributed by atoms with van der Waals surface area (Å²) in [4.78, 5) is 14.8. The number of anilines is 1. The van der Waals surface area contributed by atoms with Crippen molar-refractivity contribution in [2.24, 2.45) is 0 Å². The molecule has 2 aromatic rings. The molecule has 0 fully saturated rings. The number of hydrogen-bond acceptors (Lipinski definition) is 4. The summed E-state index contributed by atoms with van der Waals surface area (Å²) in [5, 5.41) is 2.84. The zero-order valence-electron chi connectivity index (χ0n) is 17.3. The minimum atomic E-state index is -3.67. The first kappa shape index (κ1) is 21.3. The van der Waals surface area contributed by atoms with Crippen molar-refractivity contribution in [3.63, 3.8) is 0 Å². The molecule has 1 atom stereocenters. The second-order valence-electron chi connectivity index (χ2n) is 7.65. The van der Waals surface area contributed by atoms with E-state index in [0.717, 1.165) is 29.3 Å². The molecule has 1 amide bonds. The molecular weight excluding hydrogens is 386 g/mol. The second-order valence-corrected chi connectivity index (χ2v) is 9.70. The number of benzene rings is 2. The van der Waals surface area contributed by atoms with Crippen LogP contribution in [0, 0.1) is 6.92 Å². The maximum atomic E-state index is 12.6. The van der Waals surface area contributed by atoms with E-state index in [1.807, 2.05) is 6.92 Å². The molecule has 1 N–H and O–H groups in total. The van der Waals surface area contributed by atoms with E-state index in [9.17, 15) is 13.2 Å². The number of amides is 1. The van der Waals surface area contributed by atoms with Gasteiger partial charge in [-0.15, -0.1) is 0 Å². The maximum absolute atomic E-state index is 12.6. The third-order valence-corrected chi connectivity index (χ3v) is 7.16. The Bertz CT molecular complexity index is 958. The quantitative estimate of drug-likeness (QED) is 0.673. The third-order valence-electron chi connectivity index (χ3n) is 5.34. The number of rotatable bonds is 8. The van der Waals surface area contributed by atoms with Crippen molar-refractivity contribution in [3.05, 3.63) is 59.7 Å². The number of hydrogen-bond donors (Lipinski definition) is 1. The molecule has 0 unspecified atom stereocenters. The smallest absolute Gasteiger partial charge is 0.243 e. The molecule has 7 heteroatoms. The molecule has 1 aliphatic heterocycles. The number of nitrogens with one attached hydrogen (secondary N) is 1. The van der Waals surface area contributed by atoms with Crippen molar-refractivity contribution in [1.82, 2.24) is 9.62 Å². The van der Waals surface area contributed by atoms with Gasteiger partial charge >= 0.3 is 0 Å². The molecule has 0 radical (unpaired) electrons. The van der Waals surface area contributed by atoms with E-state index in [4.69, 9.17) is 0 Å². The molecule has 6 nitrogen and oxygen atoms in total. The predicted molar refractivity (Wildman–Crippen MR) is 116 cm³/mol. The van der Waals surface area contributed by atoms with E-state index in [-0.39, 0.29) is 17.3 Å². The number of para-hydroxylation sites is 1. The van der Waals surface area contributed by atoms with Gasteiger partial charge in [0, 0.05) is 31.9 Å². The standard InChI is InChI=1S/C22H29N3O3S/c1-17-9-11-20(12-10-17)29(27,28)24(3)16-22(26)23-13-6-14-25-18(2)15-19-7-4-5-8-21(19)25/h4-5,7-12,18H,6,13-16H2,1-3H3,(H,23,26)/t18-/m1/s1. The summed E-state index contributed by atoms with van der Waals surface area (Å²) in [6.07, 6.45) is 1.85. The Morgan fingerprint density at radius 1 is 1.17 bits per heavy atom. The number of carbonyl (C=O) groups is 1. The van der Waals surface area contributed by atoms with Gasteiger partial charge in [-0.05, 0) is 50.5 Å². The van der Waals surface area contributed by atoms with Gasteiger partial charge in [0.05, 0.1) is 11.4 Å². The van der Waals surface area contributed by atoms with Crippen LogP contribution in [-0.2, 0) is 21.2 Å². The van der Waals surface area contributed by atoms with Crippen LogP contribution in [0.25, 0.3) is 0 Å². The van der Waals surface area contributed by atoms with Crippen molar-refractivity contribution < 1.29 is 13.2 Å². The number of carbonyl (C=O) groups excluding carboxylic acids is 1. The molecule has 29 heavy (non-hydrogen) atoms. The third kappa shape index (κ3) is 4.97. The fourth-order valence-corrected chi connectivity index (χ4v) is 4.81. The Morgan fingerprint density at radius 3 is 2.59 bits per heavy atom. The molecule has 0 saturated heterocycles. The molecule has 0 saturated carbocycles. The first-order chi connectivity index (χ1) is 13.8. The van der Waals surface area contributed by atoms with E-state index in [1.165, 1.54) is 18.3 Å². The Morgan fingerprint density at radius 2 is 1.86 bits per heavy atom. The number of sulfonamides is 1. The summed E-state index contributed by atoms with van der Waals surface area (Å²) in [7, 11) is -2.24. The number of likely N-dealkylation sites (N-methyl/N-ethyl adjacent to an activating group) is 1. The van der Waals surface area contributed by atoms with Gasteiger partial charge in [0.25, 0.3) is 0 Å². The van der Waals surface area contributed by atoms with Crippen molar-refractivity contribution in [3.8, 4) is 0 Å². The summed E-state index contributed by atoms with van der Waals surface area (Å²) < 4.78 is 26.2. The zero-order chi connectivity index (χ0) is 21.0. The van der Waals surface area contributed by atoms with Crippen molar-refractivity contribution >= 4 is 21.6 Å². The molecule has 156 valence electrons.